The van der Waals surface area contributed by atoms with Crippen molar-refractivity contribution in [1.82, 2.24) is 15.1 Å². The summed E-state index contributed by atoms with van der Waals surface area (Å²) in [6.45, 7) is 3.51. The summed E-state index contributed by atoms with van der Waals surface area (Å²) in [5.74, 6) is 1.62. The molecular formula is C14H20N4O. The number of piperidine rings is 1. The zero-order chi connectivity index (χ0) is 13.2. The molecule has 0 radical (unpaired) electrons. The predicted molar refractivity (Wildman–Crippen MR) is 73.3 cm³/mol. The molecule has 0 amide bonds. The van der Waals surface area contributed by atoms with Crippen LogP contribution in [-0.4, -0.2) is 54.1 Å². The first kappa shape index (κ1) is 12.5. The quantitative estimate of drug-likeness (QED) is 0.796. The standard InChI is InChI=1S/C14H20N4O/c1-17-7-2-3-11(9-17)13-4-5-14(16-15-13)18-8-6-12(19)10-18/h4-5,11H,2-3,6-10H2,1H3. The highest BCUT2D eigenvalue weighted by Crippen LogP contribution is 2.25. The van der Waals surface area contributed by atoms with Gasteiger partial charge in [0.25, 0.3) is 0 Å². The zero-order valence-corrected chi connectivity index (χ0v) is 11.4. The van der Waals surface area contributed by atoms with Crippen molar-refractivity contribution in [3.8, 4) is 0 Å². The Morgan fingerprint density at radius 1 is 1.26 bits per heavy atom. The summed E-state index contributed by atoms with van der Waals surface area (Å²) in [4.78, 5) is 15.6. The number of carbonyl (C=O) groups is 1. The fourth-order valence-corrected chi connectivity index (χ4v) is 2.96. The summed E-state index contributed by atoms with van der Waals surface area (Å²) in [5.41, 5.74) is 1.08. The molecule has 3 heterocycles. The van der Waals surface area contributed by atoms with Crippen LogP contribution in [0, 0.1) is 0 Å². The van der Waals surface area contributed by atoms with Crippen molar-refractivity contribution in [2.24, 2.45) is 0 Å². The number of likely N-dealkylation sites (N-methyl/N-ethyl adjacent to an activating group) is 1. The van der Waals surface area contributed by atoms with Gasteiger partial charge in [-0.25, -0.2) is 0 Å². The van der Waals surface area contributed by atoms with Gasteiger partial charge in [0, 0.05) is 25.4 Å². The van der Waals surface area contributed by atoms with E-state index >= 15 is 0 Å². The van der Waals surface area contributed by atoms with E-state index in [-0.39, 0.29) is 0 Å². The van der Waals surface area contributed by atoms with Gasteiger partial charge < -0.3 is 9.80 Å². The van der Waals surface area contributed by atoms with Gasteiger partial charge in [-0.1, -0.05) is 0 Å². The number of hydrogen-bond donors (Lipinski definition) is 0. The van der Waals surface area contributed by atoms with Crippen molar-refractivity contribution in [3.05, 3.63) is 17.8 Å². The number of ketones is 1. The number of carbonyl (C=O) groups excluding carboxylic acids is 1. The predicted octanol–water partition coefficient (Wildman–Crippen LogP) is 1.06. The number of nitrogens with zero attached hydrogens (tertiary/aromatic N) is 4. The van der Waals surface area contributed by atoms with E-state index in [1.807, 2.05) is 11.0 Å². The molecule has 0 bridgehead atoms. The smallest absolute Gasteiger partial charge is 0.153 e. The van der Waals surface area contributed by atoms with Gasteiger partial charge in [0.05, 0.1) is 12.2 Å². The maximum Gasteiger partial charge on any atom is 0.153 e. The fraction of sp³-hybridized carbons (Fsp3) is 0.643. The molecule has 0 aliphatic carbocycles. The molecule has 2 aliphatic rings. The van der Waals surface area contributed by atoms with Crippen LogP contribution in [0.4, 0.5) is 5.82 Å². The van der Waals surface area contributed by atoms with Gasteiger partial charge in [-0.2, -0.15) is 5.10 Å². The highest BCUT2D eigenvalue weighted by Gasteiger charge is 2.23. The third-order valence-corrected chi connectivity index (χ3v) is 4.07. The summed E-state index contributed by atoms with van der Waals surface area (Å²) in [6, 6.07) is 4.09. The second-order valence-corrected chi connectivity index (χ2v) is 5.63. The van der Waals surface area contributed by atoms with Crippen LogP contribution >= 0.6 is 0 Å². The van der Waals surface area contributed by atoms with Gasteiger partial charge in [0.1, 0.15) is 0 Å². The third kappa shape index (κ3) is 2.76. The molecule has 1 aromatic heterocycles. The van der Waals surface area contributed by atoms with Crippen molar-refractivity contribution in [3.63, 3.8) is 0 Å². The van der Waals surface area contributed by atoms with Gasteiger partial charge >= 0.3 is 0 Å². The lowest BCUT2D eigenvalue weighted by molar-refractivity contribution is -0.116. The van der Waals surface area contributed by atoms with Crippen LogP contribution in [-0.2, 0) is 4.79 Å². The first-order valence-corrected chi connectivity index (χ1v) is 7.01. The van der Waals surface area contributed by atoms with Crippen LogP contribution in [0.5, 0.6) is 0 Å². The Kier molecular flexibility index (Phi) is 3.46. The molecular weight excluding hydrogens is 240 g/mol. The molecule has 0 N–H and O–H groups in total. The van der Waals surface area contributed by atoms with Crippen molar-refractivity contribution in [2.75, 3.05) is 38.1 Å². The topological polar surface area (TPSA) is 49.3 Å². The summed E-state index contributed by atoms with van der Waals surface area (Å²) in [6.07, 6.45) is 3.06. The van der Waals surface area contributed by atoms with Gasteiger partial charge in [0.2, 0.25) is 0 Å². The first-order valence-electron chi connectivity index (χ1n) is 7.01. The maximum absolute atomic E-state index is 11.3. The van der Waals surface area contributed by atoms with Crippen LogP contribution < -0.4 is 4.90 Å². The summed E-state index contributed by atoms with van der Waals surface area (Å²) < 4.78 is 0. The average Bonchev–Trinajstić information content (AvgIpc) is 2.86. The van der Waals surface area contributed by atoms with Gasteiger partial charge in [-0.05, 0) is 38.6 Å². The lowest BCUT2D eigenvalue weighted by atomic mass is 9.95. The van der Waals surface area contributed by atoms with E-state index in [0.29, 0.717) is 24.7 Å². The second-order valence-electron chi connectivity index (χ2n) is 5.63. The van der Waals surface area contributed by atoms with Gasteiger partial charge in [-0.15, -0.1) is 5.10 Å². The molecule has 2 fully saturated rings. The summed E-state index contributed by atoms with van der Waals surface area (Å²) >= 11 is 0. The molecule has 19 heavy (non-hydrogen) atoms. The minimum atomic E-state index is 0.291. The number of likely N-dealkylation sites (tertiary alicyclic amines) is 1. The van der Waals surface area contributed by atoms with Crippen LogP contribution in [0.3, 0.4) is 0 Å². The molecule has 2 aliphatic heterocycles. The lowest BCUT2D eigenvalue weighted by Crippen LogP contribution is -2.31. The second kappa shape index (κ2) is 5.25. The highest BCUT2D eigenvalue weighted by atomic mass is 16.1. The van der Waals surface area contributed by atoms with E-state index in [9.17, 15) is 4.79 Å². The van der Waals surface area contributed by atoms with Crippen LogP contribution in [0.25, 0.3) is 0 Å². The van der Waals surface area contributed by atoms with E-state index in [1.165, 1.54) is 19.4 Å². The van der Waals surface area contributed by atoms with Crippen LogP contribution in [0.1, 0.15) is 30.9 Å². The lowest BCUT2D eigenvalue weighted by Gasteiger charge is -2.29. The van der Waals surface area contributed by atoms with E-state index in [2.05, 4.69) is 28.2 Å². The summed E-state index contributed by atoms with van der Waals surface area (Å²) in [7, 11) is 2.16. The fourth-order valence-electron chi connectivity index (χ4n) is 2.96. The molecule has 5 nitrogen and oxygen atoms in total. The Hall–Kier alpha value is -1.49. The average molecular weight is 260 g/mol. The van der Waals surface area contributed by atoms with Gasteiger partial charge in [0.15, 0.2) is 11.6 Å². The maximum atomic E-state index is 11.3. The minimum absolute atomic E-state index is 0.291. The van der Waals surface area contributed by atoms with Crippen molar-refractivity contribution >= 4 is 11.6 Å². The van der Waals surface area contributed by atoms with Crippen LogP contribution in [0.15, 0.2) is 12.1 Å². The Bertz CT molecular complexity index is 459. The highest BCUT2D eigenvalue weighted by molar-refractivity contribution is 5.86. The number of anilines is 1. The Labute approximate surface area is 113 Å². The van der Waals surface area contributed by atoms with Crippen molar-refractivity contribution in [1.29, 1.82) is 0 Å². The van der Waals surface area contributed by atoms with Crippen LogP contribution in [0.2, 0.25) is 0 Å². The SMILES string of the molecule is CN1CCCC(c2ccc(N3CCC(=O)C3)nn2)C1. The first-order chi connectivity index (χ1) is 9.22. The van der Waals surface area contributed by atoms with Crippen molar-refractivity contribution < 1.29 is 4.79 Å². The summed E-state index contributed by atoms with van der Waals surface area (Å²) in [5, 5.41) is 8.68. The van der Waals surface area contributed by atoms with Gasteiger partial charge in [-0.3, -0.25) is 4.79 Å². The number of hydrogen-bond acceptors (Lipinski definition) is 5. The van der Waals surface area contributed by atoms with E-state index in [1.54, 1.807) is 0 Å². The monoisotopic (exact) mass is 260 g/mol. The number of Topliss-reactive ketones (excluding diaryl/α,β-unsaturated/α-hetero) is 1. The minimum Gasteiger partial charge on any atom is -0.347 e. The molecule has 1 atom stereocenters. The Morgan fingerprint density at radius 3 is 2.79 bits per heavy atom. The normalized spacial score (nSPS) is 25.0. The molecule has 5 heteroatoms. The van der Waals surface area contributed by atoms with E-state index < -0.39 is 0 Å². The molecule has 1 unspecified atom stereocenters. The molecule has 0 aromatic carbocycles. The number of rotatable bonds is 2. The zero-order valence-electron chi connectivity index (χ0n) is 11.4. The molecule has 2 saturated heterocycles. The van der Waals surface area contributed by atoms with Crippen molar-refractivity contribution in [2.45, 2.75) is 25.2 Å². The Morgan fingerprint density at radius 2 is 2.16 bits per heavy atom. The molecule has 0 spiro atoms. The molecule has 3 rings (SSSR count). The van der Waals surface area contributed by atoms with E-state index in [4.69, 9.17) is 0 Å². The molecule has 1 aromatic rings. The molecule has 0 saturated carbocycles. The number of aromatic nitrogens is 2. The largest absolute Gasteiger partial charge is 0.347 e. The third-order valence-electron chi connectivity index (χ3n) is 4.07. The molecule has 102 valence electrons. The van der Waals surface area contributed by atoms with E-state index in [0.717, 1.165) is 24.6 Å². The Balaban J connectivity index is 1.70.